The first-order valence-electron chi connectivity index (χ1n) is 10.6. The third-order valence-electron chi connectivity index (χ3n) is 5.20. The molecule has 0 saturated carbocycles. The monoisotopic (exact) mass is 418 g/mol. The highest BCUT2D eigenvalue weighted by Crippen LogP contribution is 2.40. The average Bonchev–Trinajstić information content (AvgIpc) is 2.73. The van der Waals surface area contributed by atoms with Crippen LogP contribution in [0.25, 0.3) is 12.2 Å². The van der Waals surface area contributed by atoms with Crippen molar-refractivity contribution in [2.45, 2.75) is 46.1 Å². The molecule has 2 aromatic carbocycles. The number of carbonyl (C=O) groups is 1. The van der Waals surface area contributed by atoms with Crippen LogP contribution in [0.5, 0.6) is 17.2 Å². The van der Waals surface area contributed by atoms with Gasteiger partial charge >= 0.3 is 0 Å². The van der Waals surface area contributed by atoms with Crippen molar-refractivity contribution in [2.24, 2.45) is 0 Å². The quantitative estimate of drug-likeness (QED) is 0.298. The molecule has 0 radical (unpaired) electrons. The Labute approximate surface area is 184 Å². The lowest BCUT2D eigenvalue weighted by Gasteiger charge is -2.32. The summed E-state index contributed by atoms with van der Waals surface area (Å²) < 4.78 is 11.6. The predicted molar refractivity (Wildman–Crippen MR) is 126 cm³/mol. The van der Waals surface area contributed by atoms with Gasteiger partial charge in [-0.2, -0.15) is 0 Å². The number of aromatic hydroxyl groups is 1. The average molecular weight is 419 g/mol. The molecule has 1 aliphatic heterocycles. The summed E-state index contributed by atoms with van der Waals surface area (Å²) in [5.74, 6) is 1.06. The fraction of sp³-hybridized carbons (Fsp3) is 0.296. The molecule has 3 rings (SSSR count). The Morgan fingerprint density at radius 1 is 1.16 bits per heavy atom. The molecule has 0 spiro atoms. The number of hydrogen-bond acceptors (Lipinski definition) is 4. The van der Waals surface area contributed by atoms with Gasteiger partial charge in [-0.3, -0.25) is 4.79 Å². The largest absolute Gasteiger partial charge is 0.506 e. The maximum atomic E-state index is 12.7. The number of phenolic OH excluding ortho intramolecular Hbond substituents is 1. The summed E-state index contributed by atoms with van der Waals surface area (Å²) in [5.41, 5.74) is 2.51. The summed E-state index contributed by atoms with van der Waals surface area (Å²) in [6.45, 7) is 8.73. The molecule has 0 bridgehead atoms. The van der Waals surface area contributed by atoms with E-state index in [-0.39, 0.29) is 17.1 Å². The third kappa shape index (κ3) is 5.66. The number of rotatable bonds is 8. The first-order chi connectivity index (χ1) is 14.8. The minimum Gasteiger partial charge on any atom is -0.506 e. The molecule has 0 saturated heterocycles. The smallest absolute Gasteiger partial charge is 0.189 e. The van der Waals surface area contributed by atoms with Crippen LogP contribution in [-0.4, -0.2) is 23.1 Å². The van der Waals surface area contributed by atoms with Crippen molar-refractivity contribution in [3.63, 3.8) is 0 Å². The van der Waals surface area contributed by atoms with Gasteiger partial charge in [0.15, 0.2) is 5.78 Å². The molecule has 1 unspecified atom stereocenters. The molecule has 0 fully saturated rings. The Morgan fingerprint density at radius 2 is 1.90 bits per heavy atom. The zero-order valence-corrected chi connectivity index (χ0v) is 18.6. The van der Waals surface area contributed by atoms with Crippen LogP contribution in [0.1, 0.15) is 62.0 Å². The number of ether oxygens (including phenoxy) is 2. The lowest BCUT2D eigenvalue weighted by Crippen LogP contribution is -2.31. The molecular weight excluding hydrogens is 388 g/mol. The molecule has 2 aromatic rings. The number of hydrogen-bond donors (Lipinski definition) is 1. The van der Waals surface area contributed by atoms with Gasteiger partial charge in [0.25, 0.3) is 0 Å². The van der Waals surface area contributed by atoms with Gasteiger partial charge < -0.3 is 14.6 Å². The second-order valence-electron chi connectivity index (χ2n) is 8.14. The summed E-state index contributed by atoms with van der Waals surface area (Å²) in [6, 6.07) is 10.9. The Balaban J connectivity index is 1.74. The number of fused-ring (bicyclic) bond motifs is 1. The highest BCUT2D eigenvalue weighted by atomic mass is 16.5. The maximum absolute atomic E-state index is 12.7. The molecule has 1 aliphatic rings. The van der Waals surface area contributed by atoms with Crippen LogP contribution < -0.4 is 9.47 Å². The van der Waals surface area contributed by atoms with Gasteiger partial charge in [0.1, 0.15) is 22.8 Å². The number of ketones is 1. The van der Waals surface area contributed by atoms with Crippen molar-refractivity contribution in [3.8, 4) is 17.2 Å². The lowest BCUT2D eigenvalue weighted by atomic mass is 9.93. The molecular formula is C27H30O4. The van der Waals surface area contributed by atoms with E-state index in [0.717, 1.165) is 24.2 Å². The minimum absolute atomic E-state index is 0.0542. The van der Waals surface area contributed by atoms with E-state index in [0.29, 0.717) is 17.9 Å². The second kappa shape index (κ2) is 9.69. The highest BCUT2D eigenvalue weighted by molar-refractivity contribution is 6.09. The van der Waals surface area contributed by atoms with Crippen LogP contribution in [0.4, 0.5) is 0 Å². The van der Waals surface area contributed by atoms with Crippen LogP contribution in [0.15, 0.2) is 60.2 Å². The molecule has 0 amide bonds. The molecule has 1 atom stereocenters. The standard InChI is InChI=1S/C27H30O4/c1-5-30-21-11-8-20(9-12-21)10-14-24(28)22-13-15-25-23(26(22)29)16-18-27(4,31-25)17-6-7-19(2)3/h7-16,18,29H,5-6,17H2,1-4H3/b14-10+. The Morgan fingerprint density at radius 3 is 2.58 bits per heavy atom. The van der Waals surface area contributed by atoms with E-state index in [4.69, 9.17) is 9.47 Å². The molecule has 0 aliphatic carbocycles. The summed E-state index contributed by atoms with van der Waals surface area (Å²) in [7, 11) is 0. The molecule has 31 heavy (non-hydrogen) atoms. The molecule has 1 heterocycles. The Hall–Kier alpha value is -3.27. The summed E-state index contributed by atoms with van der Waals surface area (Å²) in [6.07, 6.45) is 10.9. The topological polar surface area (TPSA) is 55.8 Å². The van der Waals surface area contributed by atoms with Gasteiger partial charge in [-0.1, -0.05) is 29.9 Å². The first kappa shape index (κ1) is 22.4. The normalized spacial score (nSPS) is 17.2. The van der Waals surface area contributed by atoms with Crippen molar-refractivity contribution in [1.82, 2.24) is 0 Å². The number of benzene rings is 2. The van der Waals surface area contributed by atoms with Crippen LogP contribution in [0, 0.1) is 0 Å². The van der Waals surface area contributed by atoms with Gasteiger partial charge in [-0.05, 0) is 88.6 Å². The maximum Gasteiger partial charge on any atom is 0.189 e. The van der Waals surface area contributed by atoms with E-state index in [1.54, 1.807) is 18.2 Å². The highest BCUT2D eigenvalue weighted by Gasteiger charge is 2.29. The Kier molecular flexibility index (Phi) is 7.01. The molecule has 162 valence electrons. The SMILES string of the molecule is CCOc1ccc(/C=C/C(=O)c2ccc3c(c2O)C=CC(C)(CCC=C(C)C)O3)cc1. The van der Waals surface area contributed by atoms with Crippen molar-refractivity contribution in [1.29, 1.82) is 0 Å². The van der Waals surface area contributed by atoms with E-state index in [9.17, 15) is 9.90 Å². The zero-order chi connectivity index (χ0) is 22.4. The van der Waals surface area contributed by atoms with Gasteiger partial charge in [-0.25, -0.2) is 0 Å². The van der Waals surface area contributed by atoms with Crippen LogP contribution in [0.3, 0.4) is 0 Å². The third-order valence-corrected chi connectivity index (χ3v) is 5.20. The van der Waals surface area contributed by atoms with Gasteiger partial charge in [0.05, 0.1) is 17.7 Å². The van der Waals surface area contributed by atoms with Crippen molar-refractivity contribution in [3.05, 3.63) is 76.9 Å². The van der Waals surface area contributed by atoms with Crippen molar-refractivity contribution < 1.29 is 19.4 Å². The fourth-order valence-corrected chi connectivity index (χ4v) is 3.47. The fourth-order valence-electron chi connectivity index (χ4n) is 3.47. The predicted octanol–water partition coefficient (Wildman–Crippen LogP) is 6.60. The number of carbonyl (C=O) groups excluding carboxylic acids is 1. The van der Waals surface area contributed by atoms with E-state index in [2.05, 4.69) is 19.9 Å². The molecule has 0 aromatic heterocycles. The van der Waals surface area contributed by atoms with Crippen molar-refractivity contribution >= 4 is 17.9 Å². The van der Waals surface area contributed by atoms with Crippen LogP contribution in [0.2, 0.25) is 0 Å². The summed E-state index contributed by atoms with van der Waals surface area (Å²) in [5, 5.41) is 10.7. The minimum atomic E-state index is -0.440. The van der Waals surface area contributed by atoms with Gasteiger partial charge in [-0.15, -0.1) is 0 Å². The lowest BCUT2D eigenvalue weighted by molar-refractivity contribution is 0.104. The van der Waals surface area contributed by atoms with Gasteiger partial charge in [0.2, 0.25) is 0 Å². The van der Waals surface area contributed by atoms with E-state index in [1.165, 1.54) is 11.6 Å². The Bertz CT molecular complexity index is 1020. The summed E-state index contributed by atoms with van der Waals surface area (Å²) >= 11 is 0. The van der Waals surface area contributed by atoms with Gasteiger partial charge in [0, 0.05) is 0 Å². The van der Waals surface area contributed by atoms with E-state index >= 15 is 0 Å². The molecule has 4 heteroatoms. The van der Waals surface area contributed by atoms with Crippen LogP contribution >= 0.6 is 0 Å². The molecule has 4 nitrogen and oxygen atoms in total. The second-order valence-corrected chi connectivity index (χ2v) is 8.14. The van der Waals surface area contributed by atoms with E-state index in [1.807, 2.05) is 50.3 Å². The number of allylic oxidation sites excluding steroid dienone is 3. The van der Waals surface area contributed by atoms with Crippen molar-refractivity contribution in [2.75, 3.05) is 6.61 Å². The zero-order valence-electron chi connectivity index (χ0n) is 18.6. The summed E-state index contributed by atoms with van der Waals surface area (Å²) in [4.78, 5) is 12.7. The van der Waals surface area contributed by atoms with Crippen LogP contribution in [-0.2, 0) is 0 Å². The number of phenols is 1. The molecule has 1 N–H and O–H groups in total. The first-order valence-corrected chi connectivity index (χ1v) is 10.6. The van der Waals surface area contributed by atoms with E-state index < -0.39 is 5.60 Å².